The molecule has 3 aromatic heterocycles. The summed E-state index contributed by atoms with van der Waals surface area (Å²) in [6.45, 7) is 7.56. The maximum Gasteiger partial charge on any atom is 0.294 e. The molecule has 343 valence electrons. The number of benzene rings is 4. The number of hydroxylamine groups is 2. The molecule has 0 aliphatic carbocycles. The van der Waals surface area contributed by atoms with E-state index in [0.717, 1.165) is 21.8 Å². The molecule has 1 radical (unpaired) electrons. The van der Waals surface area contributed by atoms with Gasteiger partial charge in [-0.05, 0) is 152 Å². The standard InChI is InChI=1S/C50H40N5O10S3/c1-49(2)35-18-11-31(27-36(35)50(3,4)55(49)56)48-43-25-23-41(53-43)46(29-7-14-33(15-8-29)67(60,61)62)39-21-19-37(51-39)45(28-5-12-32(13-6-28)66(57,58)59)38-20-22-40(52-38)47(42-24-26-44(48)54-42)30-9-16-34(17-10-30)68(63,64)65/h5-27,51,54H,1-4H3,(H,57,58,59)(H,60,61,62)(H,63,64,65). The smallest absolute Gasteiger partial charge is 0.294 e. The van der Waals surface area contributed by atoms with E-state index in [9.17, 15) is 44.1 Å². The molecule has 5 N–H and O–H groups in total. The fourth-order valence-electron chi connectivity index (χ4n) is 9.46. The van der Waals surface area contributed by atoms with Crippen molar-refractivity contribution < 1.29 is 44.1 Å². The normalized spacial score (nSPS) is 15.5. The monoisotopic (exact) mass is 966 g/mol. The number of hydrogen-bond donors (Lipinski definition) is 5. The number of aromatic amines is 2. The Labute approximate surface area is 391 Å². The highest BCUT2D eigenvalue weighted by molar-refractivity contribution is 7.86. The Balaban J connectivity index is 1.35. The van der Waals surface area contributed by atoms with E-state index < -0.39 is 41.4 Å². The third-order valence-electron chi connectivity index (χ3n) is 12.7. The Morgan fingerprint density at radius 2 is 0.691 bits per heavy atom. The highest BCUT2D eigenvalue weighted by Crippen LogP contribution is 2.50. The molecule has 10 rings (SSSR count). The number of H-pyrrole nitrogens is 2. The van der Waals surface area contributed by atoms with E-state index in [4.69, 9.17) is 9.97 Å². The lowest BCUT2D eigenvalue weighted by Gasteiger charge is -2.32. The molecule has 68 heavy (non-hydrogen) atoms. The molecule has 0 unspecified atom stereocenters. The Morgan fingerprint density at radius 3 is 1.00 bits per heavy atom. The van der Waals surface area contributed by atoms with Crippen molar-refractivity contribution >= 4 is 76.7 Å². The van der Waals surface area contributed by atoms with Crippen LogP contribution in [0.15, 0.2) is 130 Å². The minimum Gasteiger partial charge on any atom is -0.354 e. The van der Waals surface area contributed by atoms with E-state index in [1.54, 1.807) is 36.4 Å². The number of nitrogens with one attached hydrogen (secondary N) is 2. The summed E-state index contributed by atoms with van der Waals surface area (Å²) in [6.07, 6.45) is 7.27. The van der Waals surface area contributed by atoms with E-state index in [-0.39, 0.29) is 14.7 Å². The van der Waals surface area contributed by atoms with Crippen LogP contribution in [0.1, 0.15) is 61.6 Å². The first-order valence-corrected chi connectivity index (χ1v) is 25.3. The molecule has 0 atom stereocenters. The van der Waals surface area contributed by atoms with Gasteiger partial charge in [-0.1, -0.05) is 48.5 Å². The van der Waals surface area contributed by atoms with Gasteiger partial charge >= 0.3 is 0 Å². The van der Waals surface area contributed by atoms with Crippen molar-refractivity contribution in [2.75, 3.05) is 0 Å². The first-order valence-electron chi connectivity index (χ1n) is 21.0. The second-order valence-electron chi connectivity index (χ2n) is 17.7. The largest absolute Gasteiger partial charge is 0.354 e. The molecule has 3 aliphatic rings. The van der Waals surface area contributed by atoms with Crippen LogP contribution in [0.5, 0.6) is 0 Å². The van der Waals surface area contributed by atoms with E-state index in [1.807, 2.05) is 82.3 Å². The Hall–Kier alpha value is -6.87. The summed E-state index contributed by atoms with van der Waals surface area (Å²) in [7, 11) is -13.6. The molecule has 15 nitrogen and oxygen atoms in total. The molecule has 7 aromatic rings. The van der Waals surface area contributed by atoms with Crippen molar-refractivity contribution in [3.8, 4) is 44.5 Å². The molecule has 3 aliphatic heterocycles. The van der Waals surface area contributed by atoms with Crippen molar-refractivity contribution in [2.24, 2.45) is 0 Å². The van der Waals surface area contributed by atoms with Gasteiger partial charge in [-0.2, -0.15) is 25.3 Å². The van der Waals surface area contributed by atoms with Crippen molar-refractivity contribution in [3.63, 3.8) is 0 Å². The van der Waals surface area contributed by atoms with E-state index in [2.05, 4.69) is 9.97 Å². The molecule has 8 bridgehead atoms. The number of hydrogen-bond acceptors (Lipinski definition) is 9. The summed E-state index contributed by atoms with van der Waals surface area (Å²) in [5.74, 6) is 0. The van der Waals surface area contributed by atoms with Gasteiger partial charge in [0.2, 0.25) is 0 Å². The van der Waals surface area contributed by atoms with Gasteiger partial charge in [-0.3, -0.25) is 13.7 Å². The van der Waals surface area contributed by atoms with Crippen LogP contribution >= 0.6 is 0 Å². The quantitative estimate of drug-likeness (QED) is 0.0937. The van der Waals surface area contributed by atoms with E-state index >= 15 is 0 Å². The summed E-state index contributed by atoms with van der Waals surface area (Å²) >= 11 is 0. The van der Waals surface area contributed by atoms with Gasteiger partial charge in [-0.25, -0.2) is 9.97 Å². The average Bonchev–Trinajstić information content (AvgIpc) is 4.15. The van der Waals surface area contributed by atoms with E-state index in [1.165, 1.54) is 48.5 Å². The first kappa shape index (κ1) is 44.9. The number of fused-ring (bicyclic) bond motifs is 9. The minimum atomic E-state index is -4.53. The van der Waals surface area contributed by atoms with Crippen molar-refractivity contribution in [2.45, 2.75) is 53.5 Å². The SMILES string of the molecule is CC1(C)c2ccc(-c3c4nc(c(-c5ccc(S(=O)(=O)O)cc5)c5ccc([nH]5)c(-c5ccc(S(=O)(=O)O)cc5)c5nc(c(-c6ccc(S(=O)(=O)O)cc6)c6ccc3[nH]6)C=C5)C=C4)cc2C(C)(C)N1[O]. The molecule has 0 amide bonds. The van der Waals surface area contributed by atoms with Crippen LogP contribution < -0.4 is 0 Å². The second kappa shape index (κ2) is 15.6. The van der Waals surface area contributed by atoms with Gasteiger partial charge in [0, 0.05) is 44.3 Å². The number of rotatable bonds is 7. The second-order valence-corrected chi connectivity index (χ2v) is 21.9. The van der Waals surface area contributed by atoms with Crippen LogP contribution in [0, 0.1) is 0 Å². The third kappa shape index (κ3) is 7.60. The minimum absolute atomic E-state index is 0.302. The summed E-state index contributed by atoms with van der Waals surface area (Å²) in [5, 5.41) is 14.9. The predicted octanol–water partition coefficient (Wildman–Crippen LogP) is 10.2. The summed E-state index contributed by atoms with van der Waals surface area (Å²) in [4.78, 5) is 16.6. The van der Waals surface area contributed by atoms with Gasteiger partial charge in [0.05, 0.1) is 48.5 Å². The molecule has 0 saturated heterocycles. The molecule has 0 saturated carbocycles. The molecule has 6 heterocycles. The first-order chi connectivity index (χ1) is 32.0. The van der Waals surface area contributed by atoms with Gasteiger partial charge in [0.1, 0.15) is 0 Å². The molecular formula is C50H40N5O10S3. The fraction of sp³-hybridized carbons (Fsp3) is 0.120. The lowest BCUT2D eigenvalue weighted by molar-refractivity contribution is -0.266. The van der Waals surface area contributed by atoms with Gasteiger partial charge < -0.3 is 9.97 Å². The van der Waals surface area contributed by atoms with Crippen LogP contribution in [-0.4, -0.2) is 63.9 Å². The predicted molar refractivity (Wildman–Crippen MR) is 259 cm³/mol. The van der Waals surface area contributed by atoms with Crippen molar-refractivity contribution in [3.05, 3.63) is 149 Å². The van der Waals surface area contributed by atoms with Crippen LogP contribution in [-0.2, 0) is 46.6 Å². The highest BCUT2D eigenvalue weighted by Gasteiger charge is 2.50. The number of aromatic nitrogens is 4. The van der Waals surface area contributed by atoms with Gasteiger partial charge in [0.25, 0.3) is 30.4 Å². The zero-order valence-corrected chi connectivity index (χ0v) is 39.0. The summed E-state index contributed by atoms with van der Waals surface area (Å²) in [6, 6.07) is 30.4. The molecular weight excluding hydrogens is 927 g/mol. The van der Waals surface area contributed by atoms with Crippen LogP contribution in [0.4, 0.5) is 0 Å². The summed E-state index contributed by atoms with van der Waals surface area (Å²) in [5.41, 5.74) is 8.89. The molecule has 0 fully saturated rings. The molecule has 4 aromatic carbocycles. The van der Waals surface area contributed by atoms with Gasteiger partial charge in [0.15, 0.2) is 0 Å². The topological polar surface area (TPSA) is 244 Å². The van der Waals surface area contributed by atoms with Crippen molar-refractivity contribution in [1.82, 2.24) is 25.0 Å². The van der Waals surface area contributed by atoms with E-state index in [0.29, 0.717) is 83.8 Å². The van der Waals surface area contributed by atoms with Crippen LogP contribution in [0.3, 0.4) is 0 Å². The Bertz CT molecular complexity index is 3800. The van der Waals surface area contributed by atoms with Crippen molar-refractivity contribution in [1.29, 1.82) is 0 Å². The maximum atomic E-state index is 13.8. The van der Waals surface area contributed by atoms with Crippen LogP contribution in [0.25, 0.3) is 90.9 Å². The highest BCUT2D eigenvalue weighted by atomic mass is 32.2. The Kier molecular flexibility index (Phi) is 10.3. The lowest BCUT2D eigenvalue weighted by atomic mass is 9.87. The maximum absolute atomic E-state index is 13.8. The summed E-state index contributed by atoms with van der Waals surface area (Å²) < 4.78 is 102. The zero-order valence-electron chi connectivity index (χ0n) is 36.5. The number of nitrogens with zero attached hydrogens (tertiary/aromatic N) is 3. The van der Waals surface area contributed by atoms with Crippen LogP contribution in [0.2, 0.25) is 0 Å². The third-order valence-corrected chi connectivity index (χ3v) is 15.3. The Morgan fingerprint density at radius 1 is 0.412 bits per heavy atom. The lowest BCUT2D eigenvalue weighted by Crippen LogP contribution is -2.41. The molecule has 18 heteroatoms. The fourth-order valence-corrected chi connectivity index (χ4v) is 10.9. The zero-order chi connectivity index (χ0) is 48.3. The molecule has 0 spiro atoms. The average molecular weight is 967 g/mol. The van der Waals surface area contributed by atoms with Gasteiger partial charge in [-0.15, -0.1) is 10.3 Å².